The molecule has 1 amide bonds. The number of amides is 1. The highest BCUT2D eigenvalue weighted by molar-refractivity contribution is 5.77. The zero-order valence-electron chi connectivity index (χ0n) is 14.1. The van der Waals surface area contributed by atoms with E-state index in [9.17, 15) is 4.79 Å². The van der Waals surface area contributed by atoms with Crippen molar-refractivity contribution < 1.29 is 9.53 Å². The summed E-state index contributed by atoms with van der Waals surface area (Å²) < 4.78 is 5.97. The van der Waals surface area contributed by atoms with Gasteiger partial charge in [0, 0.05) is 32.6 Å². The number of hydrogen-bond acceptors (Lipinski definition) is 3. The van der Waals surface area contributed by atoms with Gasteiger partial charge < -0.3 is 9.64 Å². The van der Waals surface area contributed by atoms with E-state index < -0.39 is 0 Å². The molecular formula is C20H26N2O2. The first kappa shape index (κ1) is 15.9. The first-order chi connectivity index (χ1) is 11.8. The molecule has 1 aromatic carbocycles. The molecule has 24 heavy (non-hydrogen) atoms. The minimum absolute atomic E-state index is 0.172. The lowest BCUT2D eigenvalue weighted by Crippen LogP contribution is -2.50. The predicted molar refractivity (Wildman–Crippen MR) is 93.4 cm³/mol. The normalized spacial score (nSPS) is 29.8. The van der Waals surface area contributed by atoms with Gasteiger partial charge in [-0.2, -0.15) is 0 Å². The molecule has 0 aromatic heterocycles. The number of rotatable bonds is 4. The first-order valence-electron chi connectivity index (χ1n) is 9.13. The van der Waals surface area contributed by atoms with Crippen molar-refractivity contribution >= 4 is 5.91 Å². The Kier molecular flexibility index (Phi) is 4.67. The number of fused-ring (bicyclic) bond motifs is 1. The molecule has 0 bridgehead atoms. The standard InChI is InChI=1S/C20H26N2O2/c23-20(12-16-6-4-5-7-16)22-14-18-19(15-22)24-11-10-21(18)13-17-8-2-1-3-9-17/h1-4,6,8-9,16,18-19H,5,7,10-15H2/t16-,18-,19+/m1/s1. The van der Waals surface area contributed by atoms with E-state index in [2.05, 4.69) is 47.4 Å². The second-order valence-corrected chi connectivity index (χ2v) is 7.20. The average Bonchev–Trinajstić information content (AvgIpc) is 3.25. The fourth-order valence-electron chi connectivity index (χ4n) is 4.19. The van der Waals surface area contributed by atoms with E-state index >= 15 is 0 Å². The van der Waals surface area contributed by atoms with Crippen LogP contribution in [0.5, 0.6) is 0 Å². The zero-order valence-corrected chi connectivity index (χ0v) is 14.1. The fraction of sp³-hybridized carbons (Fsp3) is 0.550. The van der Waals surface area contributed by atoms with Gasteiger partial charge in [0.25, 0.3) is 0 Å². The van der Waals surface area contributed by atoms with Gasteiger partial charge in [0.15, 0.2) is 0 Å². The van der Waals surface area contributed by atoms with Crippen molar-refractivity contribution in [3.05, 3.63) is 48.0 Å². The Labute approximate surface area is 144 Å². The summed E-state index contributed by atoms with van der Waals surface area (Å²) in [4.78, 5) is 17.2. The predicted octanol–water partition coefficient (Wildman–Crippen LogP) is 2.45. The Bertz CT molecular complexity index is 601. The van der Waals surface area contributed by atoms with Gasteiger partial charge in [-0.1, -0.05) is 42.5 Å². The summed E-state index contributed by atoms with van der Waals surface area (Å²) in [5.41, 5.74) is 1.33. The van der Waals surface area contributed by atoms with E-state index in [4.69, 9.17) is 4.74 Å². The van der Waals surface area contributed by atoms with Gasteiger partial charge >= 0.3 is 0 Å². The molecule has 0 radical (unpaired) electrons. The molecule has 3 aliphatic rings. The van der Waals surface area contributed by atoms with Crippen LogP contribution in [0.25, 0.3) is 0 Å². The largest absolute Gasteiger partial charge is 0.373 e. The van der Waals surface area contributed by atoms with Crippen molar-refractivity contribution in [1.29, 1.82) is 0 Å². The topological polar surface area (TPSA) is 32.8 Å². The van der Waals surface area contributed by atoms with E-state index in [0.717, 1.165) is 45.6 Å². The summed E-state index contributed by atoms with van der Waals surface area (Å²) in [7, 11) is 0. The molecule has 4 nitrogen and oxygen atoms in total. The fourth-order valence-corrected chi connectivity index (χ4v) is 4.19. The van der Waals surface area contributed by atoms with Crippen molar-refractivity contribution in [3.8, 4) is 0 Å². The van der Waals surface area contributed by atoms with Gasteiger partial charge in [0.2, 0.25) is 5.91 Å². The third-order valence-electron chi connectivity index (χ3n) is 5.55. The molecule has 4 heteroatoms. The molecule has 1 aromatic rings. The maximum absolute atomic E-state index is 12.6. The van der Waals surface area contributed by atoms with E-state index in [1.54, 1.807) is 0 Å². The summed E-state index contributed by atoms with van der Waals surface area (Å²) >= 11 is 0. The van der Waals surface area contributed by atoms with Gasteiger partial charge in [-0.05, 0) is 24.3 Å². The van der Waals surface area contributed by atoms with Crippen LogP contribution in [0.2, 0.25) is 0 Å². The molecule has 0 N–H and O–H groups in total. The Morgan fingerprint density at radius 2 is 2.08 bits per heavy atom. The summed E-state index contributed by atoms with van der Waals surface area (Å²) in [5.74, 6) is 0.741. The van der Waals surface area contributed by atoms with E-state index in [1.807, 2.05) is 4.90 Å². The lowest BCUT2D eigenvalue weighted by molar-refractivity contribution is -0.131. The smallest absolute Gasteiger partial charge is 0.223 e. The highest BCUT2D eigenvalue weighted by Crippen LogP contribution is 2.27. The number of nitrogens with zero attached hydrogens (tertiary/aromatic N) is 2. The maximum Gasteiger partial charge on any atom is 0.223 e. The Morgan fingerprint density at radius 1 is 1.21 bits per heavy atom. The van der Waals surface area contributed by atoms with E-state index in [0.29, 0.717) is 24.3 Å². The number of carbonyl (C=O) groups is 1. The highest BCUT2D eigenvalue weighted by atomic mass is 16.5. The maximum atomic E-state index is 12.6. The first-order valence-corrected chi connectivity index (χ1v) is 9.13. The van der Waals surface area contributed by atoms with Crippen LogP contribution in [-0.2, 0) is 16.1 Å². The second-order valence-electron chi connectivity index (χ2n) is 7.20. The van der Waals surface area contributed by atoms with E-state index in [-0.39, 0.29) is 6.10 Å². The third kappa shape index (κ3) is 3.40. The number of carbonyl (C=O) groups excluding carboxylic acids is 1. The van der Waals surface area contributed by atoms with Crippen LogP contribution in [0.4, 0.5) is 0 Å². The SMILES string of the molecule is O=C(C[C@@H]1C=CCC1)N1C[C@@H]2OCCN(Cc3ccccc3)[C@@H]2C1. The molecular weight excluding hydrogens is 300 g/mol. The summed E-state index contributed by atoms with van der Waals surface area (Å²) in [6.07, 6.45) is 7.49. The Hall–Kier alpha value is -1.65. The van der Waals surface area contributed by atoms with E-state index in [1.165, 1.54) is 5.56 Å². The summed E-state index contributed by atoms with van der Waals surface area (Å²) in [6, 6.07) is 10.9. The van der Waals surface area contributed by atoms with Crippen molar-refractivity contribution in [2.75, 3.05) is 26.2 Å². The second kappa shape index (κ2) is 7.08. The lowest BCUT2D eigenvalue weighted by Gasteiger charge is -2.36. The van der Waals surface area contributed by atoms with Crippen molar-refractivity contribution in [2.45, 2.75) is 38.0 Å². The Morgan fingerprint density at radius 3 is 2.88 bits per heavy atom. The lowest BCUT2D eigenvalue weighted by atomic mass is 10.0. The third-order valence-corrected chi connectivity index (χ3v) is 5.55. The summed E-state index contributed by atoms with van der Waals surface area (Å²) in [6.45, 7) is 4.22. The molecule has 0 spiro atoms. The number of benzene rings is 1. The minimum atomic E-state index is 0.172. The van der Waals surface area contributed by atoms with Crippen LogP contribution in [0.15, 0.2) is 42.5 Å². The quantitative estimate of drug-likeness (QED) is 0.797. The van der Waals surface area contributed by atoms with Crippen LogP contribution >= 0.6 is 0 Å². The molecule has 2 heterocycles. The van der Waals surface area contributed by atoms with Gasteiger partial charge in [0.05, 0.1) is 18.8 Å². The molecule has 1 aliphatic carbocycles. The molecule has 4 rings (SSSR count). The minimum Gasteiger partial charge on any atom is -0.373 e. The number of allylic oxidation sites excluding steroid dienone is 2. The zero-order chi connectivity index (χ0) is 16.4. The van der Waals surface area contributed by atoms with Crippen molar-refractivity contribution in [2.24, 2.45) is 5.92 Å². The van der Waals surface area contributed by atoms with Crippen LogP contribution in [-0.4, -0.2) is 54.1 Å². The monoisotopic (exact) mass is 326 g/mol. The Balaban J connectivity index is 1.38. The molecule has 128 valence electrons. The van der Waals surface area contributed by atoms with Crippen molar-refractivity contribution in [1.82, 2.24) is 9.80 Å². The molecule has 2 saturated heterocycles. The van der Waals surface area contributed by atoms with Crippen LogP contribution in [0.3, 0.4) is 0 Å². The van der Waals surface area contributed by atoms with Crippen molar-refractivity contribution in [3.63, 3.8) is 0 Å². The molecule has 2 fully saturated rings. The molecule has 2 aliphatic heterocycles. The van der Waals surface area contributed by atoms with Gasteiger partial charge in [-0.25, -0.2) is 0 Å². The van der Waals surface area contributed by atoms with Crippen LogP contribution in [0, 0.1) is 5.92 Å². The average molecular weight is 326 g/mol. The highest BCUT2D eigenvalue weighted by Gasteiger charge is 2.41. The number of ether oxygens (including phenoxy) is 1. The van der Waals surface area contributed by atoms with Gasteiger partial charge in [0.1, 0.15) is 0 Å². The van der Waals surface area contributed by atoms with Crippen LogP contribution < -0.4 is 0 Å². The van der Waals surface area contributed by atoms with Crippen LogP contribution in [0.1, 0.15) is 24.8 Å². The number of likely N-dealkylation sites (tertiary alicyclic amines) is 1. The molecule has 0 saturated carbocycles. The number of morpholine rings is 1. The number of hydrogen-bond donors (Lipinski definition) is 0. The van der Waals surface area contributed by atoms with Gasteiger partial charge in [-0.3, -0.25) is 9.69 Å². The molecule has 3 atom stereocenters. The van der Waals surface area contributed by atoms with Gasteiger partial charge in [-0.15, -0.1) is 0 Å². The summed E-state index contributed by atoms with van der Waals surface area (Å²) in [5, 5.41) is 0. The molecule has 0 unspecified atom stereocenters.